The minimum absolute atomic E-state index is 0.0168. The Kier molecular flexibility index (Phi) is 5.14. The molecule has 0 saturated carbocycles. The third-order valence-electron chi connectivity index (χ3n) is 4.16. The Morgan fingerprint density at radius 2 is 1.85 bits per heavy atom. The van der Waals surface area contributed by atoms with Crippen molar-refractivity contribution in [1.82, 2.24) is 15.2 Å². The summed E-state index contributed by atoms with van der Waals surface area (Å²) in [6.45, 7) is 0. The SMILES string of the molecule is O=C(Cc1cc(-c2ccccc2)n[nH]1)c1csc(Cc2ccc(Cl)cc2)n1. The van der Waals surface area contributed by atoms with Gasteiger partial charge in [0, 0.05) is 28.1 Å². The molecule has 0 saturated heterocycles. The van der Waals surface area contributed by atoms with Gasteiger partial charge in [0.25, 0.3) is 0 Å². The molecule has 0 unspecified atom stereocenters. The maximum atomic E-state index is 12.5. The number of halogens is 1. The Morgan fingerprint density at radius 3 is 2.63 bits per heavy atom. The molecule has 0 amide bonds. The summed E-state index contributed by atoms with van der Waals surface area (Å²) < 4.78 is 0. The van der Waals surface area contributed by atoms with Crippen molar-refractivity contribution in [2.24, 2.45) is 0 Å². The van der Waals surface area contributed by atoms with E-state index in [2.05, 4.69) is 15.2 Å². The summed E-state index contributed by atoms with van der Waals surface area (Å²) in [5.74, 6) is -0.0168. The van der Waals surface area contributed by atoms with Gasteiger partial charge in [-0.15, -0.1) is 11.3 Å². The Morgan fingerprint density at radius 1 is 1.07 bits per heavy atom. The minimum atomic E-state index is -0.0168. The number of hydrogen-bond donors (Lipinski definition) is 1. The second-order valence-electron chi connectivity index (χ2n) is 6.17. The molecule has 6 heteroatoms. The minimum Gasteiger partial charge on any atom is -0.292 e. The normalized spacial score (nSPS) is 10.9. The summed E-state index contributed by atoms with van der Waals surface area (Å²) >= 11 is 7.41. The predicted octanol–water partition coefficient (Wildman–Crippen LogP) is 5.20. The zero-order valence-corrected chi connectivity index (χ0v) is 15.9. The highest BCUT2D eigenvalue weighted by Gasteiger charge is 2.14. The number of nitrogens with one attached hydrogen (secondary N) is 1. The molecule has 4 nitrogen and oxygen atoms in total. The highest BCUT2D eigenvalue weighted by molar-refractivity contribution is 7.09. The average Bonchev–Trinajstić information content (AvgIpc) is 3.34. The van der Waals surface area contributed by atoms with E-state index in [1.165, 1.54) is 11.3 Å². The van der Waals surface area contributed by atoms with Crippen molar-refractivity contribution in [3.8, 4) is 11.3 Å². The van der Waals surface area contributed by atoms with Gasteiger partial charge in [0.1, 0.15) is 5.69 Å². The van der Waals surface area contributed by atoms with Gasteiger partial charge >= 0.3 is 0 Å². The summed E-state index contributed by atoms with van der Waals surface area (Å²) in [4.78, 5) is 17.0. The van der Waals surface area contributed by atoms with E-state index in [1.54, 1.807) is 0 Å². The molecule has 0 aliphatic heterocycles. The lowest BCUT2D eigenvalue weighted by atomic mass is 10.1. The van der Waals surface area contributed by atoms with Gasteiger partial charge in [0.05, 0.1) is 17.1 Å². The van der Waals surface area contributed by atoms with Crippen molar-refractivity contribution in [3.05, 3.63) is 93.0 Å². The van der Waals surface area contributed by atoms with Gasteiger partial charge in [0.2, 0.25) is 0 Å². The number of H-pyrrole nitrogens is 1. The van der Waals surface area contributed by atoms with Gasteiger partial charge in [-0.05, 0) is 23.8 Å². The number of nitrogens with zero attached hydrogens (tertiary/aromatic N) is 2. The quantitative estimate of drug-likeness (QED) is 0.458. The molecule has 0 spiro atoms. The molecule has 2 aromatic carbocycles. The van der Waals surface area contributed by atoms with E-state index in [0.29, 0.717) is 17.1 Å². The number of carbonyl (C=O) groups excluding carboxylic acids is 1. The standard InChI is InChI=1S/C21H16ClN3OS/c22-16-8-6-14(7-9-16)10-21-23-19(13-27-21)20(26)12-17-11-18(25-24-17)15-4-2-1-3-5-15/h1-9,11,13H,10,12H2,(H,24,25). The second kappa shape index (κ2) is 7.86. The summed E-state index contributed by atoms with van der Waals surface area (Å²) in [6.07, 6.45) is 0.946. The fourth-order valence-corrected chi connectivity index (χ4v) is 3.73. The number of benzene rings is 2. The molecular formula is C21H16ClN3OS. The molecule has 0 atom stereocenters. The van der Waals surface area contributed by atoms with Crippen molar-refractivity contribution < 1.29 is 4.79 Å². The third kappa shape index (κ3) is 4.32. The fourth-order valence-electron chi connectivity index (χ4n) is 2.77. The van der Waals surface area contributed by atoms with Crippen LogP contribution in [0.1, 0.15) is 26.8 Å². The van der Waals surface area contributed by atoms with Gasteiger partial charge in [-0.3, -0.25) is 9.89 Å². The van der Waals surface area contributed by atoms with Crippen molar-refractivity contribution in [1.29, 1.82) is 0 Å². The van der Waals surface area contributed by atoms with Crippen LogP contribution in [0.25, 0.3) is 11.3 Å². The molecule has 1 N–H and O–H groups in total. The van der Waals surface area contributed by atoms with E-state index in [1.807, 2.05) is 66.0 Å². The summed E-state index contributed by atoms with van der Waals surface area (Å²) in [5.41, 5.74) is 4.26. The molecule has 0 radical (unpaired) electrons. The first-order valence-electron chi connectivity index (χ1n) is 8.49. The lowest BCUT2D eigenvalue weighted by molar-refractivity contribution is 0.0987. The van der Waals surface area contributed by atoms with Crippen molar-refractivity contribution >= 4 is 28.7 Å². The zero-order valence-electron chi connectivity index (χ0n) is 14.4. The number of thiazole rings is 1. The summed E-state index contributed by atoms with van der Waals surface area (Å²) in [5, 5.41) is 10.7. The number of Topliss-reactive ketones (excluding diaryl/α,β-unsaturated/α-hetero) is 1. The van der Waals surface area contributed by atoms with Crippen molar-refractivity contribution in [3.63, 3.8) is 0 Å². The molecule has 0 aliphatic carbocycles. The molecule has 27 heavy (non-hydrogen) atoms. The van der Waals surface area contributed by atoms with E-state index in [9.17, 15) is 4.79 Å². The van der Waals surface area contributed by atoms with Crippen LogP contribution in [0.4, 0.5) is 0 Å². The molecule has 0 bridgehead atoms. The second-order valence-corrected chi connectivity index (χ2v) is 7.55. The predicted molar refractivity (Wildman–Crippen MR) is 108 cm³/mol. The number of aromatic amines is 1. The van der Waals surface area contributed by atoms with E-state index in [0.717, 1.165) is 27.5 Å². The fraction of sp³-hybridized carbons (Fsp3) is 0.0952. The Balaban J connectivity index is 1.42. The van der Waals surface area contributed by atoms with Crippen LogP contribution in [0.2, 0.25) is 5.02 Å². The lowest BCUT2D eigenvalue weighted by Gasteiger charge is -1.98. The van der Waals surface area contributed by atoms with Gasteiger partial charge < -0.3 is 0 Å². The van der Waals surface area contributed by atoms with Crippen LogP contribution in [0.5, 0.6) is 0 Å². The number of hydrogen-bond acceptors (Lipinski definition) is 4. The van der Waals surface area contributed by atoms with E-state index >= 15 is 0 Å². The monoisotopic (exact) mass is 393 g/mol. The van der Waals surface area contributed by atoms with Crippen molar-refractivity contribution in [2.45, 2.75) is 12.8 Å². The first kappa shape index (κ1) is 17.6. The van der Waals surface area contributed by atoms with Crippen LogP contribution >= 0.6 is 22.9 Å². The van der Waals surface area contributed by atoms with E-state index < -0.39 is 0 Å². The van der Waals surface area contributed by atoms with Crippen LogP contribution in [-0.4, -0.2) is 21.0 Å². The largest absolute Gasteiger partial charge is 0.292 e. The summed E-state index contributed by atoms with van der Waals surface area (Å²) in [6, 6.07) is 19.5. The van der Waals surface area contributed by atoms with Crippen LogP contribution in [-0.2, 0) is 12.8 Å². The maximum absolute atomic E-state index is 12.5. The van der Waals surface area contributed by atoms with Crippen LogP contribution in [0.3, 0.4) is 0 Å². The van der Waals surface area contributed by atoms with Gasteiger partial charge in [-0.2, -0.15) is 5.10 Å². The first-order chi connectivity index (χ1) is 13.2. The van der Waals surface area contributed by atoms with Crippen molar-refractivity contribution in [2.75, 3.05) is 0 Å². The molecule has 4 rings (SSSR count). The van der Waals surface area contributed by atoms with Crippen LogP contribution < -0.4 is 0 Å². The Bertz CT molecular complexity index is 1050. The topological polar surface area (TPSA) is 58.6 Å². The van der Waals surface area contributed by atoms with Gasteiger partial charge in [-0.1, -0.05) is 54.1 Å². The van der Waals surface area contributed by atoms with Crippen LogP contribution in [0.15, 0.2) is 66.0 Å². The lowest BCUT2D eigenvalue weighted by Crippen LogP contribution is -2.04. The van der Waals surface area contributed by atoms with Gasteiger partial charge in [0.15, 0.2) is 5.78 Å². The molecule has 2 heterocycles. The van der Waals surface area contributed by atoms with E-state index in [-0.39, 0.29) is 12.2 Å². The van der Waals surface area contributed by atoms with Crippen LogP contribution in [0, 0.1) is 0 Å². The summed E-state index contributed by atoms with van der Waals surface area (Å²) in [7, 11) is 0. The first-order valence-corrected chi connectivity index (χ1v) is 9.75. The van der Waals surface area contributed by atoms with Gasteiger partial charge in [-0.25, -0.2) is 4.98 Å². The zero-order chi connectivity index (χ0) is 18.6. The number of ketones is 1. The average molecular weight is 394 g/mol. The smallest absolute Gasteiger partial charge is 0.187 e. The highest BCUT2D eigenvalue weighted by atomic mass is 35.5. The highest BCUT2D eigenvalue weighted by Crippen LogP contribution is 2.20. The Labute approximate surface area is 165 Å². The van der Waals surface area contributed by atoms with E-state index in [4.69, 9.17) is 11.6 Å². The molecule has 0 aliphatic rings. The molecule has 0 fully saturated rings. The Hall–Kier alpha value is -2.76. The number of rotatable bonds is 6. The maximum Gasteiger partial charge on any atom is 0.187 e. The molecule has 4 aromatic rings. The third-order valence-corrected chi connectivity index (χ3v) is 5.26. The number of aromatic nitrogens is 3. The number of carbonyl (C=O) groups is 1. The molecular weight excluding hydrogens is 378 g/mol. The molecule has 2 aromatic heterocycles. The molecule has 134 valence electrons.